The van der Waals surface area contributed by atoms with Gasteiger partial charge in [-0.1, -0.05) is 32.6 Å². The molecular weight excluding hydrogens is 186 g/mol. The van der Waals surface area contributed by atoms with Crippen LogP contribution in [0, 0.1) is 5.92 Å². The minimum absolute atomic E-state index is 0.520. The Hall–Kier alpha value is -0.730. The normalized spacial score (nSPS) is 32.7. The molecule has 0 saturated heterocycles. The molecular formula is C12H23N3. The van der Waals surface area contributed by atoms with Crippen LogP contribution in [0.25, 0.3) is 0 Å². The molecule has 0 bridgehead atoms. The number of aliphatic imine (C=N–C) groups is 1. The molecule has 2 rings (SSSR count). The van der Waals surface area contributed by atoms with Crippen LogP contribution in [-0.4, -0.2) is 18.0 Å². The van der Waals surface area contributed by atoms with Gasteiger partial charge in [0.2, 0.25) is 0 Å². The van der Waals surface area contributed by atoms with Gasteiger partial charge in [0.05, 0.1) is 6.04 Å². The monoisotopic (exact) mass is 209 g/mol. The summed E-state index contributed by atoms with van der Waals surface area (Å²) in [6.45, 7) is 2.23. The van der Waals surface area contributed by atoms with Crippen LogP contribution in [0.3, 0.4) is 0 Å². The molecule has 2 saturated carbocycles. The Labute approximate surface area is 92.5 Å². The van der Waals surface area contributed by atoms with E-state index in [9.17, 15) is 0 Å². The highest BCUT2D eigenvalue weighted by atomic mass is 15.1. The number of nitrogens with zero attached hydrogens (tertiary/aromatic N) is 1. The largest absolute Gasteiger partial charge is 0.370 e. The average molecular weight is 209 g/mol. The minimum atomic E-state index is 0.520. The lowest BCUT2D eigenvalue weighted by molar-refractivity contribution is 0.412. The third-order valence-electron chi connectivity index (χ3n) is 3.67. The summed E-state index contributed by atoms with van der Waals surface area (Å²) < 4.78 is 0. The van der Waals surface area contributed by atoms with Crippen molar-refractivity contribution in [3.63, 3.8) is 0 Å². The summed E-state index contributed by atoms with van der Waals surface area (Å²) in [5.41, 5.74) is 5.90. The second kappa shape index (κ2) is 4.86. The van der Waals surface area contributed by atoms with Gasteiger partial charge in [-0.3, -0.25) is 0 Å². The van der Waals surface area contributed by atoms with E-state index in [0.717, 1.165) is 5.92 Å². The first-order valence-electron chi connectivity index (χ1n) is 6.39. The molecule has 0 spiro atoms. The van der Waals surface area contributed by atoms with Gasteiger partial charge in [-0.25, -0.2) is 4.99 Å². The molecule has 3 nitrogen and oxygen atoms in total. The first-order chi connectivity index (χ1) is 7.29. The smallest absolute Gasteiger partial charge is 0.189 e. The molecule has 0 heterocycles. The van der Waals surface area contributed by atoms with Crippen LogP contribution in [-0.2, 0) is 0 Å². The molecule has 0 aromatic heterocycles. The summed E-state index contributed by atoms with van der Waals surface area (Å²) >= 11 is 0. The lowest BCUT2D eigenvalue weighted by atomic mass is 9.96. The standard InChI is InChI=1S/C12H23N3/c1-2-9-8-11(9)15-12(13)14-10-6-4-3-5-7-10/h9-11H,2-8H2,1H3,(H3,13,14,15). The van der Waals surface area contributed by atoms with Crippen molar-refractivity contribution in [1.82, 2.24) is 5.32 Å². The zero-order valence-electron chi connectivity index (χ0n) is 9.71. The van der Waals surface area contributed by atoms with Gasteiger partial charge in [0, 0.05) is 6.04 Å². The van der Waals surface area contributed by atoms with E-state index in [1.807, 2.05) is 0 Å². The van der Waals surface area contributed by atoms with E-state index in [2.05, 4.69) is 17.2 Å². The van der Waals surface area contributed by atoms with Crippen LogP contribution in [0.2, 0.25) is 0 Å². The van der Waals surface area contributed by atoms with E-state index >= 15 is 0 Å². The Morgan fingerprint density at radius 1 is 1.33 bits per heavy atom. The van der Waals surface area contributed by atoms with E-state index in [1.165, 1.54) is 44.9 Å². The van der Waals surface area contributed by atoms with Crippen LogP contribution >= 0.6 is 0 Å². The van der Waals surface area contributed by atoms with Crippen molar-refractivity contribution in [2.75, 3.05) is 0 Å². The molecule has 2 aliphatic carbocycles. The van der Waals surface area contributed by atoms with Gasteiger partial charge >= 0.3 is 0 Å². The van der Waals surface area contributed by atoms with Crippen LogP contribution in [0.5, 0.6) is 0 Å². The maximum absolute atomic E-state index is 5.90. The Morgan fingerprint density at radius 2 is 2.07 bits per heavy atom. The summed E-state index contributed by atoms with van der Waals surface area (Å²) in [6, 6.07) is 1.10. The van der Waals surface area contributed by atoms with E-state index < -0.39 is 0 Å². The maximum Gasteiger partial charge on any atom is 0.189 e. The van der Waals surface area contributed by atoms with E-state index in [0.29, 0.717) is 18.0 Å². The van der Waals surface area contributed by atoms with Crippen molar-refractivity contribution < 1.29 is 0 Å². The quantitative estimate of drug-likeness (QED) is 0.552. The number of guanidine groups is 1. The molecule has 0 amide bonds. The predicted molar refractivity (Wildman–Crippen MR) is 63.8 cm³/mol. The van der Waals surface area contributed by atoms with Crippen molar-refractivity contribution in [3.8, 4) is 0 Å². The molecule has 15 heavy (non-hydrogen) atoms. The molecule has 2 fully saturated rings. The van der Waals surface area contributed by atoms with Gasteiger partial charge in [-0.15, -0.1) is 0 Å². The van der Waals surface area contributed by atoms with E-state index in [-0.39, 0.29) is 0 Å². The highest BCUT2D eigenvalue weighted by molar-refractivity contribution is 5.78. The molecule has 0 aromatic rings. The van der Waals surface area contributed by atoms with Crippen LogP contribution < -0.4 is 11.1 Å². The average Bonchev–Trinajstić information content (AvgIpc) is 2.97. The van der Waals surface area contributed by atoms with E-state index in [4.69, 9.17) is 5.73 Å². The van der Waals surface area contributed by atoms with Crippen molar-refractivity contribution in [1.29, 1.82) is 0 Å². The number of rotatable bonds is 3. The van der Waals surface area contributed by atoms with Gasteiger partial charge in [-0.2, -0.15) is 0 Å². The molecule has 0 aromatic carbocycles. The fourth-order valence-electron chi connectivity index (χ4n) is 2.50. The van der Waals surface area contributed by atoms with Gasteiger partial charge in [0.25, 0.3) is 0 Å². The second-order valence-corrected chi connectivity index (χ2v) is 4.96. The van der Waals surface area contributed by atoms with Gasteiger partial charge in [-0.05, 0) is 25.2 Å². The summed E-state index contributed by atoms with van der Waals surface area (Å²) in [5, 5.41) is 3.36. The Bertz CT molecular complexity index is 231. The Balaban J connectivity index is 1.73. The lowest BCUT2D eigenvalue weighted by Crippen LogP contribution is -2.41. The maximum atomic E-state index is 5.90. The lowest BCUT2D eigenvalue weighted by Gasteiger charge is -2.23. The Kier molecular flexibility index (Phi) is 3.49. The van der Waals surface area contributed by atoms with Crippen LogP contribution in [0.4, 0.5) is 0 Å². The summed E-state index contributed by atoms with van der Waals surface area (Å²) in [4.78, 5) is 4.52. The molecule has 2 aliphatic rings. The molecule has 2 atom stereocenters. The summed E-state index contributed by atoms with van der Waals surface area (Å²) in [6.07, 6.45) is 9.07. The Morgan fingerprint density at radius 3 is 2.67 bits per heavy atom. The molecule has 0 radical (unpaired) electrons. The zero-order valence-corrected chi connectivity index (χ0v) is 9.71. The fraction of sp³-hybridized carbons (Fsp3) is 0.917. The second-order valence-electron chi connectivity index (χ2n) is 4.96. The zero-order chi connectivity index (χ0) is 10.7. The van der Waals surface area contributed by atoms with E-state index in [1.54, 1.807) is 0 Å². The van der Waals surface area contributed by atoms with Crippen molar-refractivity contribution in [2.24, 2.45) is 16.6 Å². The van der Waals surface area contributed by atoms with Crippen molar-refractivity contribution in [3.05, 3.63) is 0 Å². The number of nitrogens with two attached hydrogens (primary N) is 1. The van der Waals surface area contributed by atoms with Gasteiger partial charge in [0.15, 0.2) is 5.96 Å². The number of hydrogen-bond acceptors (Lipinski definition) is 1. The van der Waals surface area contributed by atoms with Crippen molar-refractivity contribution >= 4 is 5.96 Å². The molecule has 86 valence electrons. The van der Waals surface area contributed by atoms with Crippen LogP contribution in [0.1, 0.15) is 51.9 Å². The predicted octanol–water partition coefficient (Wildman–Crippen LogP) is 2.02. The minimum Gasteiger partial charge on any atom is -0.370 e. The third kappa shape index (κ3) is 3.11. The highest BCUT2D eigenvalue weighted by Gasteiger charge is 2.35. The first kappa shape index (κ1) is 10.8. The van der Waals surface area contributed by atoms with Gasteiger partial charge < -0.3 is 11.1 Å². The SMILES string of the molecule is CCC1CC1N=C(N)NC1CCCCC1. The molecule has 3 N–H and O–H groups in total. The third-order valence-corrected chi connectivity index (χ3v) is 3.67. The molecule has 0 aliphatic heterocycles. The number of hydrogen-bond donors (Lipinski definition) is 2. The first-order valence-corrected chi connectivity index (χ1v) is 6.39. The highest BCUT2D eigenvalue weighted by Crippen LogP contribution is 2.36. The summed E-state index contributed by atoms with van der Waals surface area (Å²) in [7, 11) is 0. The number of nitrogens with one attached hydrogen (secondary N) is 1. The molecule has 3 heteroatoms. The van der Waals surface area contributed by atoms with Crippen LogP contribution in [0.15, 0.2) is 4.99 Å². The van der Waals surface area contributed by atoms with Crippen molar-refractivity contribution in [2.45, 2.75) is 64.0 Å². The summed E-state index contributed by atoms with van der Waals surface area (Å²) in [5.74, 6) is 1.49. The van der Waals surface area contributed by atoms with Gasteiger partial charge in [0.1, 0.15) is 0 Å². The topological polar surface area (TPSA) is 50.4 Å². The molecule has 2 unspecified atom stereocenters. The fourth-order valence-corrected chi connectivity index (χ4v) is 2.50.